The molecular weight excluding hydrogens is 511 g/mol. The van der Waals surface area contributed by atoms with Gasteiger partial charge in [0, 0.05) is 51.0 Å². The van der Waals surface area contributed by atoms with Crippen LogP contribution < -0.4 is 0 Å². The first kappa shape index (κ1) is 28.3. The van der Waals surface area contributed by atoms with Gasteiger partial charge in [0.2, 0.25) is 0 Å². The molecule has 0 atom stereocenters. The zero-order valence-corrected chi connectivity index (χ0v) is 22.0. The van der Waals surface area contributed by atoms with Gasteiger partial charge in [-0.15, -0.1) is 0 Å². The number of halogens is 3. The predicted molar refractivity (Wildman–Crippen MR) is 143 cm³/mol. The van der Waals surface area contributed by atoms with Gasteiger partial charge in [0.1, 0.15) is 0 Å². The molecule has 2 aromatic carbocycles. The summed E-state index contributed by atoms with van der Waals surface area (Å²) in [7, 11) is 0. The van der Waals surface area contributed by atoms with Crippen LogP contribution in [0.4, 0.5) is 18.9 Å². The molecule has 1 N–H and O–H groups in total. The van der Waals surface area contributed by atoms with Gasteiger partial charge in [0.15, 0.2) is 0 Å². The van der Waals surface area contributed by atoms with Gasteiger partial charge in [-0.2, -0.15) is 13.2 Å². The van der Waals surface area contributed by atoms with Gasteiger partial charge in [-0.25, -0.2) is 0 Å². The molecule has 0 aliphatic carbocycles. The fourth-order valence-corrected chi connectivity index (χ4v) is 4.84. The summed E-state index contributed by atoms with van der Waals surface area (Å²) in [6.07, 6.45) is -4.47. The third-order valence-corrected chi connectivity index (χ3v) is 7.23. The van der Waals surface area contributed by atoms with E-state index in [-0.39, 0.29) is 28.4 Å². The Morgan fingerprint density at radius 1 is 1.03 bits per heavy atom. The van der Waals surface area contributed by atoms with Crippen LogP contribution in [-0.2, 0) is 6.18 Å². The SMILES string of the molecule is CCN(CC)CCN1CCN(C(=O)c2cc(-c3ccc(C(F)(F)F)cc3)[nH]c2-c2ccccc2[N+](=O)[O-])CC1. The number of carbonyl (C=O) groups is 1. The van der Waals surface area contributed by atoms with E-state index in [1.54, 1.807) is 29.2 Å². The average Bonchev–Trinajstić information content (AvgIpc) is 3.38. The van der Waals surface area contributed by atoms with Gasteiger partial charge >= 0.3 is 6.18 Å². The summed E-state index contributed by atoms with van der Waals surface area (Å²) in [6, 6.07) is 12.3. The van der Waals surface area contributed by atoms with Crippen LogP contribution in [0.3, 0.4) is 0 Å². The zero-order chi connectivity index (χ0) is 28.2. The highest BCUT2D eigenvalue weighted by Crippen LogP contribution is 2.36. The fourth-order valence-electron chi connectivity index (χ4n) is 4.84. The van der Waals surface area contributed by atoms with Gasteiger partial charge in [0.25, 0.3) is 11.6 Å². The van der Waals surface area contributed by atoms with Gasteiger partial charge in [-0.3, -0.25) is 19.8 Å². The van der Waals surface area contributed by atoms with E-state index < -0.39 is 16.7 Å². The standard InChI is InChI=1S/C28H32F3N5O3/c1-3-33(4-2)13-14-34-15-17-35(18-16-34)27(37)23-19-24(20-9-11-21(12-10-20)28(29,30)31)32-26(23)22-7-5-6-8-25(22)36(38)39/h5-12,19,32H,3-4,13-18H2,1-2H3. The van der Waals surface area contributed by atoms with E-state index >= 15 is 0 Å². The molecule has 0 bridgehead atoms. The monoisotopic (exact) mass is 543 g/mol. The highest BCUT2D eigenvalue weighted by molar-refractivity contribution is 6.02. The first-order chi connectivity index (χ1) is 18.6. The number of alkyl halides is 3. The number of nitro benzene ring substituents is 1. The Balaban J connectivity index is 1.63. The molecule has 1 fully saturated rings. The Labute approximate surface area is 225 Å². The van der Waals surface area contributed by atoms with Crippen LogP contribution in [0.2, 0.25) is 0 Å². The maximum atomic E-state index is 13.7. The quantitative estimate of drug-likeness (QED) is 0.290. The van der Waals surface area contributed by atoms with E-state index in [2.05, 4.69) is 28.6 Å². The number of para-hydroxylation sites is 1. The number of amides is 1. The molecule has 3 aromatic rings. The van der Waals surface area contributed by atoms with Crippen molar-refractivity contribution in [1.82, 2.24) is 19.7 Å². The lowest BCUT2D eigenvalue weighted by Gasteiger charge is -2.35. The minimum absolute atomic E-state index is 0.173. The molecule has 1 aliphatic heterocycles. The topological polar surface area (TPSA) is 85.7 Å². The van der Waals surface area contributed by atoms with E-state index in [1.165, 1.54) is 18.2 Å². The molecule has 0 saturated carbocycles. The predicted octanol–water partition coefficient (Wildman–Crippen LogP) is 5.38. The number of aromatic amines is 1. The molecule has 1 saturated heterocycles. The molecule has 8 nitrogen and oxygen atoms in total. The minimum atomic E-state index is -4.47. The third kappa shape index (κ3) is 6.48. The van der Waals surface area contributed by atoms with Crippen LogP contribution in [0.25, 0.3) is 22.5 Å². The lowest BCUT2D eigenvalue weighted by molar-refractivity contribution is -0.384. The first-order valence-electron chi connectivity index (χ1n) is 13.0. The second kappa shape index (κ2) is 12.0. The molecule has 1 aromatic heterocycles. The third-order valence-electron chi connectivity index (χ3n) is 7.23. The Morgan fingerprint density at radius 2 is 1.67 bits per heavy atom. The lowest BCUT2D eigenvalue weighted by Crippen LogP contribution is -2.50. The summed E-state index contributed by atoms with van der Waals surface area (Å²) in [6.45, 7) is 10.5. The number of nitro groups is 1. The number of carbonyl (C=O) groups excluding carboxylic acids is 1. The van der Waals surface area contributed by atoms with Gasteiger partial charge in [-0.05, 0) is 42.9 Å². The van der Waals surface area contributed by atoms with Gasteiger partial charge < -0.3 is 14.8 Å². The van der Waals surface area contributed by atoms with Crippen molar-refractivity contribution in [1.29, 1.82) is 0 Å². The van der Waals surface area contributed by atoms with E-state index in [0.717, 1.165) is 38.3 Å². The zero-order valence-electron chi connectivity index (χ0n) is 22.0. The van der Waals surface area contributed by atoms with Crippen molar-refractivity contribution in [2.45, 2.75) is 20.0 Å². The lowest BCUT2D eigenvalue weighted by atomic mass is 10.0. The van der Waals surface area contributed by atoms with Crippen LogP contribution in [0.15, 0.2) is 54.6 Å². The molecule has 0 unspecified atom stereocenters. The normalized spacial score (nSPS) is 14.7. The van der Waals surface area contributed by atoms with Crippen molar-refractivity contribution in [3.63, 3.8) is 0 Å². The number of hydrogen-bond acceptors (Lipinski definition) is 5. The minimum Gasteiger partial charge on any atom is -0.354 e. The molecule has 4 rings (SSSR count). The smallest absolute Gasteiger partial charge is 0.354 e. The van der Waals surface area contributed by atoms with Crippen LogP contribution >= 0.6 is 0 Å². The molecule has 0 radical (unpaired) electrons. The molecule has 208 valence electrons. The first-order valence-corrected chi connectivity index (χ1v) is 13.0. The fraction of sp³-hybridized carbons (Fsp3) is 0.393. The Morgan fingerprint density at radius 3 is 2.26 bits per heavy atom. The second-order valence-corrected chi connectivity index (χ2v) is 9.48. The summed E-state index contributed by atoms with van der Waals surface area (Å²) in [4.78, 5) is 34.5. The van der Waals surface area contributed by atoms with Gasteiger partial charge in [0.05, 0.1) is 27.3 Å². The van der Waals surface area contributed by atoms with Crippen LogP contribution in [0.1, 0.15) is 29.8 Å². The Hall–Kier alpha value is -3.70. The van der Waals surface area contributed by atoms with E-state index in [4.69, 9.17) is 0 Å². The van der Waals surface area contributed by atoms with Crippen LogP contribution in [0.5, 0.6) is 0 Å². The number of nitrogens with one attached hydrogen (secondary N) is 1. The maximum absolute atomic E-state index is 13.7. The Bertz CT molecular complexity index is 1290. The highest BCUT2D eigenvalue weighted by Gasteiger charge is 2.31. The van der Waals surface area contributed by atoms with Crippen molar-refractivity contribution in [2.24, 2.45) is 0 Å². The highest BCUT2D eigenvalue weighted by atomic mass is 19.4. The summed E-state index contributed by atoms with van der Waals surface area (Å²) < 4.78 is 39.2. The van der Waals surface area contributed by atoms with Crippen molar-refractivity contribution >= 4 is 11.6 Å². The molecular formula is C28H32F3N5O3. The number of nitrogens with zero attached hydrogens (tertiary/aromatic N) is 4. The largest absolute Gasteiger partial charge is 0.416 e. The summed E-state index contributed by atoms with van der Waals surface area (Å²) in [5, 5.41) is 11.8. The average molecular weight is 544 g/mol. The van der Waals surface area contributed by atoms with Crippen molar-refractivity contribution in [3.05, 3.63) is 75.8 Å². The van der Waals surface area contributed by atoms with E-state index in [1.807, 2.05) is 0 Å². The van der Waals surface area contributed by atoms with E-state index in [0.29, 0.717) is 37.4 Å². The molecule has 1 aliphatic rings. The van der Waals surface area contributed by atoms with Crippen molar-refractivity contribution in [2.75, 3.05) is 52.4 Å². The molecule has 2 heterocycles. The summed E-state index contributed by atoms with van der Waals surface area (Å²) in [5.74, 6) is -0.277. The number of benzene rings is 2. The number of rotatable bonds is 9. The van der Waals surface area contributed by atoms with Crippen molar-refractivity contribution in [3.8, 4) is 22.5 Å². The maximum Gasteiger partial charge on any atom is 0.416 e. The van der Waals surface area contributed by atoms with Crippen molar-refractivity contribution < 1.29 is 22.9 Å². The summed E-state index contributed by atoms with van der Waals surface area (Å²) in [5.41, 5.74) is 0.630. The number of aromatic nitrogens is 1. The second-order valence-electron chi connectivity index (χ2n) is 9.48. The molecule has 39 heavy (non-hydrogen) atoms. The van der Waals surface area contributed by atoms with E-state index in [9.17, 15) is 28.1 Å². The molecule has 1 amide bonds. The molecule has 0 spiro atoms. The van der Waals surface area contributed by atoms with Crippen LogP contribution in [0, 0.1) is 10.1 Å². The number of piperazine rings is 1. The Kier molecular flexibility index (Phi) is 8.71. The summed E-state index contributed by atoms with van der Waals surface area (Å²) >= 11 is 0. The number of likely N-dealkylation sites (N-methyl/N-ethyl adjacent to an activating group) is 1. The number of H-pyrrole nitrogens is 1. The molecule has 11 heteroatoms. The number of hydrogen-bond donors (Lipinski definition) is 1. The van der Waals surface area contributed by atoms with Crippen LogP contribution in [-0.4, -0.2) is 82.9 Å². The van der Waals surface area contributed by atoms with Gasteiger partial charge in [-0.1, -0.05) is 38.1 Å².